The van der Waals surface area contributed by atoms with Gasteiger partial charge in [-0.25, -0.2) is 4.98 Å². The number of pyridine rings is 1. The molecule has 0 unspecified atom stereocenters. The average molecular weight is 311 g/mol. The van der Waals surface area contributed by atoms with E-state index in [0.29, 0.717) is 11.7 Å². The van der Waals surface area contributed by atoms with Crippen LogP contribution in [0.4, 0.5) is 11.8 Å². The van der Waals surface area contributed by atoms with E-state index in [1.165, 1.54) is 25.7 Å². The minimum atomic E-state index is 0.574. The number of aryl methyl sites for hydroxylation is 1. The summed E-state index contributed by atoms with van der Waals surface area (Å²) in [7, 11) is 0. The van der Waals surface area contributed by atoms with Crippen LogP contribution in [-0.4, -0.2) is 21.5 Å². The van der Waals surface area contributed by atoms with Gasteiger partial charge in [0.1, 0.15) is 5.82 Å². The summed E-state index contributed by atoms with van der Waals surface area (Å²) in [6.45, 7) is 5.65. The molecule has 0 spiro atoms. The van der Waals surface area contributed by atoms with Crippen molar-refractivity contribution in [1.82, 2.24) is 15.0 Å². The SMILES string of the molecule is Cc1nc(N(Cc2ccccn2)CC2CCCC2)nc(N)c1C. The molecule has 1 saturated carbocycles. The van der Waals surface area contributed by atoms with E-state index in [-0.39, 0.29) is 0 Å². The molecule has 0 aliphatic heterocycles. The summed E-state index contributed by atoms with van der Waals surface area (Å²) < 4.78 is 0. The van der Waals surface area contributed by atoms with Crippen LogP contribution in [0.15, 0.2) is 24.4 Å². The van der Waals surface area contributed by atoms with Gasteiger partial charge in [-0.05, 0) is 44.7 Å². The van der Waals surface area contributed by atoms with E-state index < -0.39 is 0 Å². The van der Waals surface area contributed by atoms with Crippen LogP contribution in [0.1, 0.15) is 42.6 Å². The number of rotatable bonds is 5. The number of nitrogens with two attached hydrogens (primary N) is 1. The summed E-state index contributed by atoms with van der Waals surface area (Å²) >= 11 is 0. The zero-order valence-electron chi connectivity index (χ0n) is 14.0. The first kappa shape index (κ1) is 15.7. The topological polar surface area (TPSA) is 67.9 Å². The van der Waals surface area contributed by atoms with Crippen molar-refractivity contribution in [3.8, 4) is 0 Å². The van der Waals surface area contributed by atoms with Gasteiger partial charge in [0.2, 0.25) is 5.95 Å². The lowest BCUT2D eigenvalue weighted by atomic mass is 10.1. The fourth-order valence-electron chi connectivity index (χ4n) is 3.19. The van der Waals surface area contributed by atoms with E-state index in [0.717, 1.165) is 36.0 Å². The average Bonchev–Trinajstić information content (AvgIpc) is 3.05. The Balaban J connectivity index is 1.87. The maximum absolute atomic E-state index is 6.07. The number of hydrogen-bond acceptors (Lipinski definition) is 5. The van der Waals surface area contributed by atoms with Gasteiger partial charge < -0.3 is 10.6 Å². The Labute approximate surface area is 138 Å². The van der Waals surface area contributed by atoms with Crippen molar-refractivity contribution in [3.63, 3.8) is 0 Å². The molecule has 0 saturated heterocycles. The largest absolute Gasteiger partial charge is 0.383 e. The van der Waals surface area contributed by atoms with Crippen LogP contribution in [0.25, 0.3) is 0 Å². The first-order chi connectivity index (χ1) is 11.1. The highest BCUT2D eigenvalue weighted by Crippen LogP contribution is 2.28. The fraction of sp³-hybridized carbons (Fsp3) is 0.500. The molecule has 0 atom stereocenters. The van der Waals surface area contributed by atoms with Crippen LogP contribution in [0.5, 0.6) is 0 Å². The second-order valence-corrected chi connectivity index (χ2v) is 6.47. The molecule has 5 heteroatoms. The molecule has 0 bridgehead atoms. The van der Waals surface area contributed by atoms with Crippen LogP contribution in [0.3, 0.4) is 0 Å². The van der Waals surface area contributed by atoms with Gasteiger partial charge in [-0.1, -0.05) is 18.9 Å². The fourth-order valence-corrected chi connectivity index (χ4v) is 3.19. The van der Waals surface area contributed by atoms with Gasteiger partial charge in [0.15, 0.2) is 0 Å². The number of aromatic nitrogens is 3. The first-order valence-corrected chi connectivity index (χ1v) is 8.39. The van der Waals surface area contributed by atoms with E-state index in [1.54, 1.807) is 0 Å². The summed E-state index contributed by atoms with van der Waals surface area (Å²) in [4.78, 5) is 15.9. The molecule has 1 aliphatic rings. The normalized spacial score (nSPS) is 15.0. The molecule has 2 heterocycles. The second kappa shape index (κ2) is 6.94. The summed E-state index contributed by atoms with van der Waals surface area (Å²) in [5, 5.41) is 0. The van der Waals surface area contributed by atoms with Crippen molar-refractivity contribution in [2.24, 2.45) is 5.92 Å². The Morgan fingerprint density at radius 3 is 2.61 bits per heavy atom. The van der Waals surface area contributed by atoms with E-state index in [4.69, 9.17) is 5.73 Å². The van der Waals surface area contributed by atoms with Crippen molar-refractivity contribution < 1.29 is 0 Å². The molecule has 2 N–H and O–H groups in total. The Bertz CT molecular complexity index is 627. The molecule has 0 amide bonds. The molecule has 1 fully saturated rings. The highest BCUT2D eigenvalue weighted by Gasteiger charge is 2.21. The van der Waals surface area contributed by atoms with E-state index >= 15 is 0 Å². The van der Waals surface area contributed by atoms with Crippen molar-refractivity contribution >= 4 is 11.8 Å². The molecule has 0 aromatic carbocycles. The summed E-state index contributed by atoms with van der Waals surface area (Å²) in [6, 6.07) is 6.01. The van der Waals surface area contributed by atoms with Crippen LogP contribution < -0.4 is 10.6 Å². The van der Waals surface area contributed by atoms with Crippen molar-refractivity contribution in [2.75, 3.05) is 17.2 Å². The zero-order valence-corrected chi connectivity index (χ0v) is 14.0. The predicted molar refractivity (Wildman–Crippen MR) is 93.2 cm³/mol. The summed E-state index contributed by atoms with van der Waals surface area (Å²) in [5.74, 6) is 2.01. The molecule has 2 aromatic heterocycles. The van der Waals surface area contributed by atoms with Crippen molar-refractivity contribution in [3.05, 3.63) is 41.3 Å². The number of hydrogen-bond donors (Lipinski definition) is 1. The lowest BCUT2D eigenvalue weighted by molar-refractivity contribution is 0.522. The predicted octanol–water partition coefficient (Wildman–Crippen LogP) is 3.27. The third-order valence-corrected chi connectivity index (χ3v) is 4.73. The first-order valence-electron chi connectivity index (χ1n) is 8.39. The van der Waals surface area contributed by atoms with Crippen molar-refractivity contribution in [2.45, 2.75) is 46.1 Å². The van der Waals surface area contributed by atoms with E-state index in [9.17, 15) is 0 Å². The lowest BCUT2D eigenvalue weighted by Gasteiger charge is -2.26. The van der Waals surface area contributed by atoms with Crippen LogP contribution >= 0.6 is 0 Å². The monoisotopic (exact) mass is 311 g/mol. The molecular formula is C18H25N5. The minimum absolute atomic E-state index is 0.574. The maximum atomic E-state index is 6.07. The minimum Gasteiger partial charge on any atom is -0.383 e. The van der Waals surface area contributed by atoms with Gasteiger partial charge in [-0.2, -0.15) is 4.98 Å². The molecule has 0 radical (unpaired) electrons. The highest BCUT2D eigenvalue weighted by atomic mass is 15.3. The molecular weight excluding hydrogens is 286 g/mol. The molecule has 5 nitrogen and oxygen atoms in total. The van der Waals surface area contributed by atoms with Gasteiger partial charge in [0.25, 0.3) is 0 Å². The van der Waals surface area contributed by atoms with Crippen molar-refractivity contribution in [1.29, 1.82) is 0 Å². The Kier molecular flexibility index (Phi) is 4.74. The molecule has 122 valence electrons. The Morgan fingerprint density at radius 2 is 1.96 bits per heavy atom. The number of nitrogens with zero attached hydrogens (tertiary/aromatic N) is 4. The highest BCUT2D eigenvalue weighted by molar-refractivity contribution is 5.47. The Hall–Kier alpha value is -2.17. The maximum Gasteiger partial charge on any atom is 0.227 e. The third kappa shape index (κ3) is 3.78. The summed E-state index contributed by atoms with van der Waals surface area (Å²) in [6.07, 6.45) is 7.08. The number of anilines is 2. The standard InChI is InChI=1S/C18H25N5/c1-13-14(2)21-18(22-17(13)19)23(11-15-7-3-4-8-15)12-16-9-5-6-10-20-16/h5-6,9-10,15H,3-4,7-8,11-12H2,1-2H3,(H2,19,21,22). The third-order valence-electron chi connectivity index (χ3n) is 4.73. The van der Waals surface area contributed by atoms with Gasteiger partial charge in [-0.15, -0.1) is 0 Å². The molecule has 2 aromatic rings. The van der Waals surface area contributed by atoms with Crippen LogP contribution in [0.2, 0.25) is 0 Å². The second-order valence-electron chi connectivity index (χ2n) is 6.47. The van der Waals surface area contributed by atoms with Gasteiger partial charge in [0.05, 0.1) is 12.2 Å². The van der Waals surface area contributed by atoms with Crippen LogP contribution in [0, 0.1) is 19.8 Å². The lowest BCUT2D eigenvalue weighted by Crippen LogP contribution is -2.30. The number of nitrogen functional groups attached to an aromatic ring is 1. The van der Waals surface area contributed by atoms with Crippen LogP contribution in [-0.2, 0) is 6.54 Å². The Morgan fingerprint density at radius 1 is 1.17 bits per heavy atom. The van der Waals surface area contributed by atoms with Gasteiger partial charge in [0, 0.05) is 24.0 Å². The molecule has 3 rings (SSSR count). The van der Waals surface area contributed by atoms with Gasteiger partial charge in [-0.3, -0.25) is 4.98 Å². The van der Waals surface area contributed by atoms with E-state index in [1.807, 2.05) is 38.2 Å². The quantitative estimate of drug-likeness (QED) is 0.918. The molecule has 23 heavy (non-hydrogen) atoms. The van der Waals surface area contributed by atoms with Gasteiger partial charge >= 0.3 is 0 Å². The van der Waals surface area contributed by atoms with E-state index in [2.05, 4.69) is 19.9 Å². The summed E-state index contributed by atoms with van der Waals surface area (Å²) in [5.41, 5.74) is 9.01. The zero-order chi connectivity index (χ0) is 16.2. The molecule has 1 aliphatic carbocycles. The smallest absolute Gasteiger partial charge is 0.227 e.